The van der Waals surface area contributed by atoms with Crippen LogP contribution in [0.1, 0.15) is 16.7 Å². The van der Waals surface area contributed by atoms with Crippen LogP contribution >= 0.6 is 35.4 Å². The minimum atomic E-state index is 0.242. The van der Waals surface area contributed by atoms with Crippen LogP contribution in [-0.4, -0.2) is 4.99 Å². The number of thiocarbonyl (C=S) groups is 1. The SMILES string of the molecule is Cc1cc(Cl)cc(C)c1Oc1ccc(Cl)cc1C(N)=S. The van der Waals surface area contributed by atoms with Crippen molar-refractivity contribution in [2.24, 2.45) is 5.73 Å². The van der Waals surface area contributed by atoms with E-state index >= 15 is 0 Å². The predicted octanol–water partition coefficient (Wildman–Crippen LogP) is 5.04. The van der Waals surface area contributed by atoms with Crippen molar-refractivity contribution < 1.29 is 4.74 Å². The van der Waals surface area contributed by atoms with E-state index in [0.717, 1.165) is 16.9 Å². The zero-order valence-corrected chi connectivity index (χ0v) is 13.4. The lowest BCUT2D eigenvalue weighted by Gasteiger charge is -2.15. The van der Waals surface area contributed by atoms with Gasteiger partial charge in [-0.1, -0.05) is 35.4 Å². The van der Waals surface area contributed by atoms with Gasteiger partial charge in [0.15, 0.2) is 0 Å². The summed E-state index contributed by atoms with van der Waals surface area (Å²) in [5, 5.41) is 1.24. The van der Waals surface area contributed by atoms with Gasteiger partial charge in [0.05, 0.1) is 5.56 Å². The van der Waals surface area contributed by atoms with E-state index in [4.69, 9.17) is 45.9 Å². The molecule has 0 spiro atoms. The highest BCUT2D eigenvalue weighted by atomic mass is 35.5. The Morgan fingerprint density at radius 1 is 1.05 bits per heavy atom. The van der Waals surface area contributed by atoms with Gasteiger partial charge in [-0.2, -0.15) is 0 Å². The largest absolute Gasteiger partial charge is 0.456 e. The molecule has 5 heteroatoms. The van der Waals surface area contributed by atoms with Crippen LogP contribution in [-0.2, 0) is 0 Å². The van der Waals surface area contributed by atoms with Crippen molar-refractivity contribution >= 4 is 40.4 Å². The number of hydrogen-bond donors (Lipinski definition) is 1. The van der Waals surface area contributed by atoms with Gasteiger partial charge >= 0.3 is 0 Å². The van der Waals surface area contributed by atoms with Gasteiger partial charge < -0.3 is 10.5 Å². The molecule has 0 amide bonds. The van der Waals surface area contributed by atoms with E-state index < -0.39 is 0 Å². The zero-order valence-electron chi connectivity index (χ0n) is 11.0. The fourth-order valence-corrected chi connectivity index (χ4v) is 2.61. The molecule has 0 atom stereocenters. The van der Waals surface area contributed by atoms with Crippen molar-refractivity contribution in [1.29, 1.82) is 0 Å². The molecular weight excluding hydrogens is 313 g/mol. The first-order valence-corrected chi connectivity index (χ1v) is 7.09. The summed E-state index contributed by atoms with van der Waals surface area (Å²) in [5.41, 5.74) is 8.21. The number of hydrogen-bond acceptors (Lipinski definition) is 2. The summed E-state index contributed by atoms with van der Waals surface area (Å²) in [5.74, 6) is 1.32. The topological polar surface area (TPSA) is 35.2 Å². The molecule has 0 aliphatic carbocycles. The molecule has 0 saturated carbocycles. The number of halogens is 2. The molecule has 0 radical (unpaired) electrons. The molecule has 2 rings (SSSR count). The van der Waals surface area contributed by atoms with Gasteiger partial charge in [-0.3, -0.25) is 0 Å². The molecule has 0 aromatic heterocycles. The van der Waals surface area contributed by atoms with Crippen LogP contribution in [0.5, 0.6) is 11.5 Å². The normalized spacial score (nSPS) is 10.4. The molecular formula is C15H13Cl2NOS. The Morgan fingerprint density at radius 3 is 2.20 bits per heavy atom. The van der Waals surface area contributed by atoms with Gasteiger partial charge in [0, 0.05) is 10.0 Å². The first-order valence-electron chi connectivity index (χ1n) is 5.92. The number of aryl methyl sites for hydroxylation is 2. The highest BCUT2D eigenvalue weighted by molar-refractivity contribution is 7.80. The first kappa shape index (κ1) is 15.1. The molecule has 2 N–H and O–H groups in total. The average Bonchev–Trinajstić information content (AvgIpc) is 2.34. The van der Waals surface area contributed by atoms with Crippen molar-refractivity contribution in [1.82, 2.24) is 0 Å². The Bertz CT molecular complexity index is 663. The van der Waals surface area contributed by atoms with Crippen LogP contribution in [0.3, 0.4) is 0 Å². The average molecular weight is 326 g/mol. The van der Waals surface area contributed by atoms with E-state index in [2.05, 4.69) is 0 Å². The molecule has 2 aromatic rings. The third-order valence-electron chi connectivity index (χ3n) is 2.84. The van der Waals surface area contributed by atoms with E-state index in [-0.39, 0.29) is 4.99 Å². The van der Waals surface area contributed by atoms with Gasteiger partial charge in [-0.05, 0) is 55.3 Å². The van der Waals surface area contributed by atoms with E-state index in [1.54, 1.807) is 18.2 Å². The second kappa shape index (κ2) is 6.00. The second-order valence-corrected chi connectivity index (χ2v) is 5.79. The van der Waals surface area contributed by atoms with Crippen molar-refractivity contribution in [3.05, 3.63) is 57.1 Å². The Kier molecular flexibility index (Phi) is 4.53. The third kappa shape index (κ3) is 3.23. The molecule has 104 valence electrons. The standard InChI is InChI=1S/C15H13Cl2NOS/c1-8-5-11(17)6-9(2)14(8)19-13-4-3-10(16)7-12(13)15(18)20/h3-7H,1-2H3,(H2,18,20). The predicted molar refractivity (Wildman–Crippen MR) is 88.3 cm³/mol. The first-order chi connectivity index (χ1) is 9.38. The summed E-state index contributed by atoms with van der Waals surface area (Å²) < 4.78 is 5.96. The number of nitrogens with two attached hydrogens (primary N) is 1. The summed E-state index contributed by atoms with van der Waals surface area (Å²) in [6.07, 6.45) is 0. The molecule has 20 heavy (non-hydrogen) atoms. The molecule has 0 bridgehead atoms. The van der Waals surface area contributed by atoms with Crippen molar-refractivity contribution in [3.8, 4) is 11.5 Å². The van der Waals surface area contributed by atoms with E-state index in [0.29, 0.717) is 21.4 Å². The van der Waals surface area contributed by atoms with Crippen LogP contribution in [0.15, 0.2) is 30.3 Å². The molecule has 0 heterocycles. The van der Waals surface area contributed by atoms with E-state index in [9.17, 15) is 0 Å². The summed E-state index contributed by atoms with van der Waals surface area (Å²) in [6.45, 7) is 3.87. The lowest BCUT2D eigenvalue weighted by molar-refractivity contribution is 0.474. The second-order valence-electron chi connectivity index (χ2n) is 4.48. The Labute approximate surface area is 133 Å². The summed E-state index contributed by atoms with van der Waals surface area (Å²) >= 11 is 17.0. The molecule has 2 nitrogen and oxygen atoms in total. The maximum atomic E-state index is 6.01. The van der Waals surface area contributed by atoms with E-state index in [1.165, 1.54) is 0 Å². The Morgan fingerprint density at radius 2 is 1.65 bits per heavy atom. The minimum Gasteiger partial charge on any atom is -0.456 e. The van der Waals surface area contributed by atoms with Crippen LogP contribution < -0.4 is 10.5 Å². The highest BCUT2D eigenvalue weighted by Crippen LogP contribution is 2.33. The number of benzene rings is 2. The molecule has 0 fully saturated rings. The van der Waals surface area contributed by atoms with Gasteiger partial charge in [-0.25, -0.2) is 0 Å². The van der Waals surface area contributed by atoms with Gasteiger partial charge in [0.1, 0.15) is 16.5 Å². The van der Waals surface area contributed by atoms with E-state index in [1.807, 2.05) is 26.0 Å². The summed E-state index contributed by atoms with van der Waals surface area (Å²) in [6, 6.07) is 8.88. The van der Waals surface area contributed by atoms with Gasteiger partial charge in [0.25, 0.3) is 0 Å². The minimum absolute atomic E-state index is 0.242. The smallest absolute Gasteiger partial charge is 0.137 e. The Hall–Kier alpha value is -1.29. The molecule has 2 aromatic carbocycles. The highest BCUT2D eigenvalue weighted by Gasteiger charge is 2.12. The lowest BCUT2D eigenvalue weighted by Crippen LogP contribution is -2.11. The van der Waals surface area contributed by atoms with Crippen LogP contribution in [0.25, 0.3) is 0 Å². The fraction of sp³-hybridized carbons (Fsp3) is 0.133. The fourth-order valence-electron chi connectivity index (χ4n) is 1.95. The third-order valence-corrected chi connectivity index (χ3v) is 3.52. The number of rotatable bonds is 3. The lowest BCUT2D eigenvalue weighted by atomic mass is 10.1. The quantitative estimate of drug-likeness (QED) is 0.803. The van der Waals surface area contributed by atoms with Crippen molar-refractivity contribution in [2.45, 2.75) is 13.8 Å². The van der Waals surface area contributed by atoms with Crippen LogP contribution in [0.4, 0.5) is 0 Å². The van der Waals surface area contributed by atoms with Crippen molar-refractivity contribution in [3.63, 3.8) is 0 Å². The molecule has 0 saturated heterocycles. The number of ether oxygens (including phenoxy) is 1. The maximum Gasteiger partial charge on any atom is 0.137 e. The van der Waals surface area contributed by atoms with Crippen molar-refractivity contribution in [2.75, 3.05) is 0 Å². The molecule has 0 aliphatic rings. The van der Waals surface area contributed by atoms with Crippen LogP contribution in [0, 0.1) is 13.8 Å². The van der Waals surface area contributed by atoms with Gasteiger partial charge in [0.2, 0.25) is 0 Å². The summed E-state index contributed by atoms with van der Waals surface area (Å²) in [4.78, 5) is 0.242. The molecule has 0 aliphatic heterocycles. The Balaban J connectivity index is 2.48. The zero-order chi connectivity index (χ0) is 14.9. The molecule has 0 unspecified atom stereocenters. The summed E-state index contributed by atoms with van der Waals surface area (Å²) in [7, 11) is 0. The van der Waals surface area contributed by atoms with Gasteiger partial charge in [-0.15, -0.1) is 0 Å². The monoisotopic (exact) mass is 325 g/mol. The maximum absolute atomic E-state index is 6.01. The van der Waals surface area contributed by atoms with Crippen LogP contribution in [0.2, 0.25) is 10.0 Å².